The molecule has 3 aromatic carbocycles. The fourth-order valence-corrected chi connectivity index (χ4v) is 7.12. The first-order valence-electron chi connectivity index (χ1n) is 18.1. The highest BCUT2D eigenvalue weighted by Crippen LogP contribution is 2.44. The van der Waals surface area contributed by atoms with Crippen LogP contribution in [0.25, 0.3) is 22.3 Å². The third-order valence-corrected chi connectivity index (χ3v) is 9.95. The summed E-state index contributed by atoms with van der Waals surface area (Å²) in [5, 5.41) is 33.0. The summed E-state index contributed by atoms with van der Waals surface area (Å²) in [4.78, 5) is 66.8. The van der Waals surface area contributed by atoms with E-state index in [0.717, 1.165) is 28.6 Å². The topological polar surface area (TPSA) is 244 Å². The zero-order chi connectivity index (χ0) is 39.3. The number of nitrogens with one attached hydrogen (secondary N) is 2. The van der Waals surface area contributed by atoms with E-state index < -0.39 is 60.8 Å². The maximum absolute atomic E-state index is 14.2. The third kappa shape index (κ3) is 7.62. The Balaban J connectivity index is 1.18. The summed E-state index contributed by atoms with van der Waals surface area (Å²) >= 11 is 0. The van der Waals surface area contributed by atoms with Crippen LogP contribution in [0.15, 0.2) is 90.0 Å². The average Bonchev–Trinajstić information content (AvgIpc) is 3.87. The molecule has 0 unspecified atom stereocenters. The van der Waals surface area contributed by atoms with E-state index in [1.54, 1.807) is 30.3 Å². The first kappa shape index (κ1) is 38.3. The van der Waals surface area contributed by atoms with Crippen LogP contribution in [0, 0.1) is 0 Å². The standard InChI is InChI=1S/C39H41N7O10/c40-17-9-8-16-28(34(50)43-37-42-33-30(35(51)44-37)41-21-45(33)36-32(49)31(48)29(18-47)56-36)46(38(52)54-19-22-10-2-1-3-11-22)39(53)55-20-27-25-14-6-4-12-23(25)24-13-5-7-15-26(24)27/h1-7,10-15,21,27-29,31-32,36,47-49H,8-9,16-20,40H2,(H2,42,43,44,50,51)/t28-,29+,31+,32+,36+/m0/s1. The van der Waals surface area contributed by atoms with E-state index in [1.165, 1.54) is 4.57 Å². The number of fused-ring (bicyclic) bond motifs is 4. The van der Waals surface area contributed by atoms with Gasteiger partial charge in [0, 0.05) is 5.92 Å². The Bertz CT molecular complexity index is 2220. The van der Waals surface area contributed by atoms with Gasteiger partial charge in [-0.3, -0.25) is 24.5 Å². The van der Waals surface area contributed by atoms with E-state index in [-0.39, 0.29) is 49.2 Å². The third-order valence-electron chi connectivity index (χ3n) is 9.95. The molecule has 292 valence electrons. The van der Waals surface area contributed by atoms with Crippen molar-refractivity contribution in [3.8, 4) is 11.1 Å². The molecule has 5 aromatic rings. The lowest BCUT2D eigenvalue weighted by Crippen LogP contribution is -2.51. The van der Waals surface area contributed by atoms with Gasteiger partial charge in [-0.2, -0.15) is 9.88 Å². The number of rotatable bonds is 13. The number of unbranched alkanes of at least 4 members (excludes halogenated alkanes) is 1. The van der Waals surface area contributed by atoms with Crippen molar-refractivity contribution in [2.75, 3.05) is 25.1 Å². The number of benzene rings is 3. The number of aliphatic hydroxyl groups excluding tert-OH is 3. The number of ether oxygens (including phenoxy) is 3. The number of aromatic amines is 1. The number of hydrogen-bond donors (Lipinski definition) is 6. The predicted octanol–water partition coefficient (Wildman–Crippen LogP) is 2.76. The van der Waals surface area contributed by atoms with Crippen molar-refractivity contribution >= 4 is 35.2 Å². The van der Waals surface area contributed by atoms with E-state index in [0.29, 0.717) is 23.3 Å². The number of aliphatic hydroxyl groups is 3. The molecule has 56 heavy (non-hydrogen) atoms. The zero-order valence-electron chi connectivity index (χ0n) is 30.1. The summed E-state index contributed by atoms with van der Waals surface area (Å²) < 4.78 is 18.2. The van der Waals surface area contributed by atoms with E-state index in [4.69, 9.17) is 19.9 Å². The molecule has 0 radical (unpaired) electrons. The number of carbonyl (C=O) groups excluding carboxylic acids is 3. The first-order chi connectivity index (χ1) is 27.2. The fraction of sp³-hybridized carbons (Fsp3) is 0.333. The molecule has 0 spiro atoms. The number of nitrogens with two attached hydrogens (primary N) is 1. The van der Waals surface area contributed by atoms with Crippen LogP contribution < -0.4 is 16.6 Å². The van der Waals surface area contributed by atoms with Crippen molar-refractivity contribution in [1.82, 2.24) is 24.4 Å². The molecule has 1 aliphatic carbocycles. The number of amides is 3. The highest BCUT2D eigenvalue weighted by molar-refractivity contribution is 6.00. The SMILES string of the molecule is NCCCC[C@@H](C(=O)Nc1nc2c(ncn2[C@@H]2O[C@H](CO)[C@@H](O)[C@H]2O)c(=O)[nH]1)N(C(=O)OCc1ccccc1)C(=O)OCC1c2ccccc2-c2ccccc21. The summed E-state index contributed by atoms with van der Waals surface area (Å²) in [6.07, 6.45) is -5.75. The summed E-state index contributed by atoms with van der Waals surface area (Å²) in [5.41, 5.74) is 9.21. The van der Waals surface area contributed by atoms with E-state index >= 15 is 0 Å². The Kier molecular flexibility index (Phi) is 11.5. The molecule has 0 bridgehead atoms. The second-order valence-corrected chi connectivity index (χ2v) is 13.5. The number of anilines is 1. The number of nitrogens with zero attached hydrogens (tertiary/aromatic N) is 4. The molecular formula is C39H41N7O10. The number of aromatic nitrogens is 4. The van der Waals surface area contributed by atoms with Gasteiger partial charge in [0.25, 0.3) is 5.56 Å². The maximum Gasteiger partial charge on any atom is 0.420 e. The molecule has 2 aromatic heterocycles. The Morgan fingerprint density at radius 2 is 1.59 bits per heavy atom. The second-order valence-electron chi connectivity index (χ2n) is 13.5. The van der Waals surface area contributed by atoms with Crippen molar-refractivity contribution in [2.24, 2.45) is 5.73 Å². The highest BCUT2D eigenvalue weighted by atomic mass is 16.6. The van der Waals surface area contributed by atoms with Gasteiger partial charge in [-0.1, -0.05) is 78.9 Å². The molecule has 17 nitrogen and oxygen atoms in total. The number of H-pyrrole nitrogens is 1. The molecule has 7 N–H and O–H groups in total. The fourth-order valence-electron chi connectivity index (χ4n) is 7.12. The van der Waals surface area contributed by atoms with Crippen molar-refractivity contribution in [3.05, 3.63) is 112 Å². The summed E-state index contributed by atoms with van der Waals surface area (Å²) in [7, 11) is 0. The van der Waals surface area contributed by atoms with Crippen LogP contribution in [0.5, 0.6) is 0 Å². The van der Waals surface area contributed by atoms with Crippen LogP contribution in [0.3, 0.4) is 0 Å². The van der Waals surface area contributed by atoms with E-state index in [1.807, 2.05) is 48.5 Å². The molecule has 7 rings (SSSR count). The Morgan fingerprint density at radius 1 is 0.929 bits per heavy atom. The molecule has 1 saturated heterocycles. The normalized spacial score (nSPS) is 19.3. The molecule has 2 aliphatic rings. The summed E-state index contributed by atoms with van der Waals surface area (Å²) in [5.74, 6) is -1.64. The van der Waals surface area contributed by atoms with Gasteiger partial charge in [-0.15, -0.1) is 0 Å². The Hall–Kier alpha value is -5.98. The Labute approximate surface area is 319 Å². The smallest absolute Gasteiger partial charge is 0.420 e. The molecule has 3 amide bonds. The van der Waals surface area contributed by atoms with Crippen LogP contribution in [0.1, 0.15) is 48.1 Å². The average molecular weight is 768 g/mol. The van der Waals surface area contributed by atoms with Gasteiger partial charge in [-0.05, 0) is 53.6 Å². The van der Waals surface area contributed by atoms with Gasteiger partial charge < -0.3 is 35.3 Å². The molecule has 5 atom stereocenters. The van der Waals surface area contributed by atoms with Gasteiger partial charge in [0.05, 0.1) is 12.9 Å². The van der Waals surface area contributed by atoms with Gasteiger partial charge in [-0.25, -0.2) is 14.6 Å². The van der Waals surface area contributed by atoms with Crippen LogP contribution in [-0.2, 0) is 25.6 Å². The lowest BCUT2D eigenvalue weighted by atomic mass is 9.98. The van der Waals surface area contributed by atoms with Gasteiger partial charge >= 0.3 is 12.2 Å². The highest BCUT2D eigenvalue weighted by Gasteiger charge is 2.44. The van der Waals surface area contributed by atoms with Crippen LogP contribution in [0.4, 0.5) is 15.5 Å². The predicted molar refractivity (Wildman–Crippen MR) is 200 cm³/mol. The minimum absolute atomic E-state index is 0.0549. The number of carbonyl (C=O) groups is 3. The maximum atomic E-state index is 14.2. The van der Waals surface area contributed by atoms with E-state index in [9.17, 15) is 34.5 Å². The molecule has 3 heterocycles. The van der Waals surface area contributed by atoms with Gasteiger partial charge in [0.1, 0.15) is 37.6 Å². The largest absolute Gasteiger partial charge is 0.448 e. The first-order valence-corrected chi connectivity index (χ1v) is 18.1. The molecular weight excluding hydrogens is 726 g/mol. The molecule has 0 saturated carbocycles. The summed E-state index contributed by atoms with van der Waals surface area (Å²) in [6.45, 7) is -0.673. The lowest BCUT2D eigenvalue weighted by molar-refractivity contribution is -0.121. The van der Waals surface area contributed by atoms with Crippen molar-refractivity contribution < 1.29 is 43.9 Å². The molecule has 17 heteroatoms. The monoisotopic (exact) mass is 767 g/mol. The van der Waals surface area contributed by atoms with Gasteiger partial charge in [0.15, 0.2) is 17.4 Å². The van der Waals surface area contributed by atoms with Crippen molar-refractivity contribution in [2.45, 2.75) is 62.4 Å². The van der Waals surface area contributed by atoms with Gasteiger partial charge in [0.2, 0.25) is 11.9 Å². The molecule has 1 fully saturated rings. The quantitative estimate of drug-likeness (QED) is 0.0946. The van der Waals surface area contributed by atoms with Crippen LogP contribution in [0.2, 0.25) is 0 Å². The Morgan fingerprint density at radius 3 is 2.25 bits per heavy atom. The number of hydrogen-bond acceptors (Lipinski definition) is 13. The van der Waals surface area contributed by atoms with E-state index in [2.05, 4.69) is 20.3 Å². The minimum Gasteiger partial charge on any atom is -0.448 e. The van der Waals surface area contributed by atoms with Crippen LogP contribution >= 0.6 is 0 Å². The van der Waals surface area contributed by atoms with Crippen molar-refractivity contribution in [1.29, 1.82) is 0 Å². The number of imide groups is 1. The van der Waals surface area contributed by atoms with Crippen molar-refractivity contribution in [3.63, 3.8) is 0 Å². The second kappa shape index (κ2) is 16.8. The zero-order valence-corrected chi connectivity index (χ0v) is 30.1. The summed E-state index contributed by atoms with van der Waals surface area (Å²) in [6, 6.07) is 22.8. The lowest BCUT2D eigenvalue weighted by Gasteiger charge is -2.28. The molecule has 1 aliphatic heterocycles. The number of imidazole rings is 1. The minimum atomic E-state index is -1.52. The van der Waals surface area contributed by atoms with Crippen LogP contribution in [-0.4, -0.2) is 102 Å².